The van der Waals surface area contributed by atoms with Crippen molar-refractivity contribution in [2.45, 2.75) is 46.0 Å². The van der Waals surface area contributed by atoms with Gasteiger partial charge in [-0.1, -0.05) is 32.0 Å². The van der Waals surface area contributed by atoms with Gasteiger partial charge >= 0.3 is 5.97 Å². The van der Waals surface area contributed by atoms with Crippen LogP contribution in [0.1, 0.15) is 54.7 Å². The van der Waals surface area contributed by atoms with Gasteiger partial charge in [-0.25, -0.2) is 4.79 Å². The van der Waals surface area contributed by atoms with Crippen molar-refractivity contribution in [3.8, 4) is 0 Å². The average Bonchev–Trinajstić information content (AvgIpc) is 2.69. The Balaban J connectivity index is 1.55. The first kappa shape index (κ1) is 18.9. The molecule has 5 heteroatoms. The second-order valence-electron chi connectivity index (χ2n) is 8.46. The quantitative estimate of drug-likeness (QED) is 0.761. The molecule has 1 saturated heterocycles. The van der Waals surface area contributed by atoms with Crippen LogP contribution in [-0.2, 0) is 22.4 Å². The number of piperidine rings is 1. The summed E-state index contributed by atoms with van der Waals surface area (Å²) in [5.41, 5.74) is 3.43. The van der Waals surface area contributed by atoms with E-state index in [-0.39, 0.29) is 12.5 Å². The van der Waals surface area contributed by atoms with E-state index >= 15 is 0 Å². The fraction of sp³-hybridized carbons (Fsp3) is 0.522. The van der Waals surface area contributed by atoms with Crippen molar-refractivity contribution >= 4 is 22.8 Å². The molecule has 0 bridgehead atoms. The number of pyridine rings is 1. The number of aryl methyl sites for hydroxylation is 1. The van der Waals surface area contributed by atoms with Gasteiger partial charge < -0.3 is 9.64 Å². The number of benzene rings is 1. The van der Waals surface area contributed by atoms with Crippen molar-refractivity contribution in [3.63, 3.8) is 0 Å². The first-order chi connectivity index (χ1) is 13.5. The van der Waals surface area contributed by atoms with E-state index in [4.69, 9.17) is 9.72 Å². The van der Waals surface area contributed by atoms with Gasteiger partial charge in [-0.3, -0.25) is 9.78 Å². The lowest BCUT2D eigenvalue weighted by molar-refractivity contribution is -0.137. The summed E-state index contributed by atoms with van der Waals surface area (Å²) in [5.74, 6) is 0.473. The zero-order chi connectivity index (χ0) is 19.7. The third kappa shape index (κ3) is 3.75. The van der Waals surface area contributed by atoms with Crippen molar-refractivity contribution in [1.82, 2.24) is 9.88 Å². The maximum absolute atomic E-state index is 13.0. The molecule has 1 aliphatic carbocycles. The number of ether oxygens (including phenoxy) is 1. The normalized spacial score (nSPS) is 22.0. The zero-order valence-electron chi connectivity index (χ0n) is 16.7. The van der Waals surface area contributed by atoms with Crippen LogP contribution < -0.4 is 0 Å². The highest BCUT2D eigenvalue weighted by Gasteiger charge is 2.28. The summed E-state index contributed by atoms with van der Waals surface area (Å²) in [6.45, 7) is 5.63. The van der Waals surface area contributed by atoms with E-state index < -0.39 is 5.97 Å². The molecule has 0 unspecified atom stereocenters. The number of rotatable bonds is 3. The molecule has 0 saturated carbocycles. The van der Waals surface area contributed by atoms with E-state index in [2.05, 4.69) is 13.8 Å². The summed E-state index contributed by atoms with van der Waals surface area (Å²) in [7, 11) is 0. The third-order valence-electron chi connectivity index (χ3n) is 5.92. The van der Waals surface area contributed by atoms with E-state index in [9.17, 15) is 9.59 Å². The summed E-state index contributed by atoms with van der Waals surface area (Å²) in [4.78, 5) is 32.2. The maximum atomic E-state index is 13.0. The van der Waals surface area contributed by atoms with E-state index in [1.165, 1.54) is 0 Å². The third-order valence-corrected chi connectivity index (χ3v) is 5.92. The molecule has 28 heavy (non-hydrogen) atoms. The van der Waals surface area contributed by atoms with Crippen molar-refractivity contribution in [2.24, 2.45) is 11.8 Å². The predicted octanol–water partition coefficient (Wildman–Crippen LogP) is 3.77. The Morgan fingerprint density at radius 2 is 1.82 bits per heavy atom. The molecule has 2 aromatic rings. The Kier molecular flexibility index (Phi) is 5.33. The second kappa shape index (κ2) is 7.90. The Morgan fingerprint density at radius 3 is 2.61 bits per heavy atom. The number of para-hydroxylation sites is 1. The van der Waals surface area contributed by atoms with Gasteiger partial charge in [-0.05, 0) is 55.6 Å². The van der Waals surface area contributed by atoms with Crippen LogP contribution in [-0.4, -0.2) is 41.5 Å². The van der Waals surface area contributed by atoms with Crippen LogP contribution in [0.15, 0.2) is 24.3 Å². The number of carbonyl (C=O) groups excluding carboxylic acids is 2. The minimum absolute atomic E-state index is 0.0982. The van der Waals surface area contributed by atoms with Crippen LogP contribution in [0.5, 0.6) is 0 Å². The monoisotopic (exact) mass is 380 g/mol. The minimum Gasteiger partial charge on any atom is -0.452 e. The highest BCUT2D eigenvalue weighted by Crippen LogP contribution is 2.30. The summed E-state index contributed by atoms with van der Waals surface area (Å²) < 4.78 is 5.53. The van der Waals surface area contributed by atoms with E-state index in [1.54, 1.807) is 0 Å². The van der Waals surface area contributed by atoms with E-state index in [0.29, 0.717) is 17.4 Å². The first-order valence-corrected chi connectivity index (χ1v) is 10.4. The molecule has 148 valence electrons. The summed E-state index contributed by atoms with van der Waals surface area (Å²) in [6, 6.07) is 7.70. The number of likely N-dealkylation sites (tertiary alicyclic amines) is 1. The first-order valence-electron chi connectivity index (χ1n) is 10.4. The predicted molar refractivity (Wildman–Crippen MR) is 108 cm³/mol. The number of amides is 1. The fourth-order valence-electron chi connectivity index (χ4n) is 4.76. The Bertz CT molecular complexity index is 898. The molecule has 5 nitrogen and oxygen atoms in total. The van der Waals surface area contributed by atoms with Crippen LogP contribution in [0.3, 0.4) is 0 Å². The van der Waals surface area contributed by atoms with Gasteiger partial charge in [0.2, 0.25) is 0 Å². The molecule has 0 spiro atoms. The molecule has 2 heterocycles. The number of hydrogen-bond donors (Lipinski definition) is 0. The van der Waals surface area contributed by atoms with Crippen LogP contribution in [0, 0.1) is 11.8 Å². The Hall–Kier alpha value is -2.43. The highest BCUT2D eigenvalue weighted by atomic mass is 16.5. The lowest BCUT2D eigenvalue weighted by Gasteiger charge is -2.34. The van der Waals surface area contributed by atoms with Crippen LogP contribution in [0.4, 0.5) is 0 Å². The molecule has 1 aliphatic heterocycles. The molecule has 1 aromatic carbocycles. The topological polar surface area (TPSA) is 59.5 Å². The fourth-order valence-corrected chi connectivity index (χ4v) is 4.76. The number of esters is 1. The molecule has 1 fully saturated rings. The van der Waals surface area contributed by atoms with E-state index in [0.717, 1.165) is 67.4 Å². The molecule has 4 rings (SSSR count). The second-order valence-corrected chi connectivity index (χ2v) is 8.46. The summed E-state index contributed by atoms with van der Waals surface area (Å²) in [5, 5.41) is 0.820. The van der Waals surface area contributed by atoms with Gasteiger partial charge in [-0.2, -0.15) is 0 Å². The van der Waals surface area contributed by atoms with E-state index in [1.807, 2.05) is 29.2 Å². The number of fused-ring (bicyclic) bond motifs is 2. The average molecular weight is 380 g/mol. The summed E-state index contributed by atoms with van der Waals surface area (Å²) in [6.07, 6.45) is 5.01. The number of nitrogens with zero attached hydrogens (tertiary/aromatic N) is 2. The van der Waals surface area contributed by atoms with Crippen LogP contribution in [0.25, 0.3) is 10.9 Å². The largest absolute Gasteiger partial charge is 0.452 e. The molecule has 2 atom stereocenters. The Morgan fingerprint density at radius 1 is 1.11 bits per heavy atom. The molecule has 2 aliphatic rings. The van der Waals surface area contributed by atoms with Gasteiger partial charge in [0.25, 0.3) is 5.91 Å². The molecular weight excluding hydrogens is 352 g/mol. The van der Waals surface area contributed by atoms with Crippen molar-refractivity contribution in [3.05, 3.63) is 41.1 Å². The Labute approximate surface area is 166 Å². The number of hydrogen-bond acceptors (Lipinski definition) is 4. The number of carbonyl (C=O) groups is 2. The highest BCUT2D eigenvalue weighted by molar-refractivity contribution is 6.05. The lowest BCUT2D eigenvalue weighted by Crippen LogP contribution is -2.44. The van der Waals surface area contributed by atoms with Gasteiger partial charge in [0, 0.05) is 24.2 Å². The lowest BCUT2D eigenvalue weighted by atomic mass is 9.90. The molecule has 1 amide bonds. The molecule has 0 N–H and O–H groups in total. The molecule has 0 radical (unpaired) electrons. The minimum atomic E-state index is -0.400. The van der Waals surface area contributed by atoms with Gasteiger partial charge in [0.15, 0.2) is 6.61 Å². The van der Waals surface area contributed by atoms with Crippen LogP contribution in [0.2, 0.25) is 0 Å². The van der Waals surface area contributed by atoms with Crippen molar-refractivity contribution in [2.75, 3.05) is 19.7 Å². The van der Waals surface area contributed by atoms with Gasteiger partial charge in [0.1, 0.15) is 0 Å². The molecular formula is C23H28N2O3. The molecule has 1 aromatic heterocycles. The smallest absolute Gasteiger partial charge is 0.339 e. The standard InChI is InChI=1S/C23H28N2O3/c1-15-11-16(2)13-25(12-15)21(26)14-28-23(27)22-17-7-3-5-9-19(17)24-20-10-6-4-8-18(20)22/h3,5,7,9,15-16H,4,6,8,10-14H2,1-2H3/t15-,16-/m1/s1. The zero-order valence-corrected chi connectivity index (χ0v) is 16.7. The van der Waals surface area contributed by atoms with Crippen molar-refractivity contribution in [1.29, 1.82) is 0 Å². The van der Waals surface area contributed by atoms with Crippen LogP contribution >= 0.6 is 0 Å². The van der Waals surface area contributed by atoms with Gasteiger partial charge in [0.05, 0.1) is 11.1 Å². The van der Waals surface area contributed by atoms with Crippen molar-refractivity contribution < 1.29 is 14.3 Å². The maximum Gasteiger partial charge on any atom is 0.339 e. The van der Waals surface area contributed by atoms with Gasteiger partial charge in [-0.15, -0.1) is 0 Å². The SMILES string of the molecule is C[C@@H]1C[C@@H](C)CN(C(=O)COC(=O)c2c3c(nc4ccccc24)CCCC3)C1. The summed E-state index contributed by atoms with van der Waals surface area (Å²) >= 11 is 0. The number of aromatic nitrogens is 1.